The summed E-state index contributed by atoms with van der Waals surface area (Å²) in [5, 5.41) is 0.215. The fourth-order valence-corrected chi connectivity index (χ4v) is 2.66. The first kappa shape index (κ1) is 11.5. The Bertz CT molecular complexity index is 188. The molecule has 1 heterocycles. The maximum atomic E-state index is 6.13. The summed E-state index contributed by atoms with van der Waals surface area (Å²) in [4.78, 5) is 0. The van der Waals surface area contributed by atoms with Crippen molar-refractivity contribution in [1.29, 1.82) is 0 Å². The Morgan fingerprint density at radius 3 is 2.15 bits per heavy atom. The zero-order valence-corrected chi connectivity index (χ0v) is 9.60. The lowest BCUT2D eigenvalue weighted by molar-refractivity contribution is -0.0308. The molecule has 4 radical (unpaired) electrons. The van der Waals surface area contributed by atoms with Gasteiger partial charge in [0.1, 0.15) is 7.85 Å². The average molecular weight is 194 g/mol. The quantitative estimate of drug-likeness (QED) is 0.617. The molecule has 0 amide bonds. The molecule has 0 aromatic heterocycles. The molecule has 0 aromatic carbocycles. The second kappa shape index (κ2) is 3.90. The van der Waals surface area contributed by atoms with Crippen molar-refractivity contribution in [3.8, 4) is 0 Å². The summed E-state index contributed by atoms with van der Waals surface area (Å²) in [6.07, 6.45) is 2.03. The van der Waals surface area contributed by atoms with Crippen LogP contribution in [0.25, 0.3) is 0 Å². The van der Waals surface area contributed by atoms with Crippen LogP contribution in [0.2, 0.25) is 5.82 Å². The normalized spacial score (nSPS) is 45.8. The smallest absolute Gasteiger partial charge is 0.110 e. The molecule has 0 bridgehead atoms. The van der Waals surface area contributed by atoms with E-state index >= 15 is 0 Å². The van der Waals surface area contributed by atoms with Crippen LogP contribution in [0.3, 0.4) is 0 Å². The van der Waals surface area contributed by atoms with Crippen LogP contribution in [0.15, 0.2) is 0 Å². The van der Waals surface area contributed by atoms with E-state index in [1.54, 1.807) is 11.8 Å². The Labute approximate surface area is 88.2 Å². The van der Waals surface area contributed by atoms with Gasteiger partial charge in [0.2, 0.25) is 0 Å². The second-order valence-corrected chi connectivity index (χ2v) is 5.16. The van der Waals surface area contributed by atoms with E-state index in [-0.39, 0.29) is 22.7 Å². The molecule has 0 N–H and O–H groups in total. The SMILES string of the molecule is [B]C1OC(C)(C(C)C)C([B])C1SC. The topological polar surface area (TPSA) is 9.23 Å². The van der Waals surface area contributed by atoms with Crippen molar-refractivity contribution in [2.24, 2.45) is 5.92 Å². The molecular weight excluding hydrogens is 178 g/mol. The molecule has 1 aliphatic rings. The maximum Gasteiger partial charge on any atom is 0.110 e. The van der Waals surface area contributed by atoms with Gasteiger partial charge in [-0.05, 0) is 24.9 Å². The Kier molecular flexibility index (Phi) is 3.45. The molecule has 70 valence electrons. The second-order valence-electron chi connectivity index (χ2n) is 4.15. The Morgan fingerprint density at radius 2 is 1.92 bits per heavy atom. The summed E-state index contributed by atoms with van der Waals surface area (Å²) in [6.45, 7) is 6.29. The summed E-state index contributed by atoms with van der Waals surface area (Å²) in [5.41, 5.74) is -0.271. The van der Waals surface area contributed by atoms with Gasteiger partial charge in [0.25, 0.3) is 0 Å². The molecule has 1 saturated heterocycles. The van der Waals surface area contributed by atoms with Crippen LogP contribution >= 0.6 is 11.8 Å². The Hall–Kier alpha value is 0.440. The standard InChI is InChI=1S/C9H16B2OS/c1-5(2)9(3)7(10)6(13-4)8(11)12-9/h5-8H,1-4H3. The highest BCUT2D eigenvalue weighted by molar-refractivity contribution is 7.99. The van der Waals surface area contributed by atoms with Gasteiger partial charge in [0.15, 0.2) is 0 Å². The number of thioether (sulfide) groups is 1. The van der Waals surface area contributed by atoms with E-state index in [2.05, 4.69) is 20.8 Å². The van der Waals surface area contributed by atoms with Crippen LogP contribution in [0.4, 0.5) is 0 Å². The lowest BCUT2D eigenvalue weighted by Gasteiger charge is -2.34. The molecule has 1 fully saturated rings. The molecule has 1 aliphatic heterocycles. The van der Waals surface area contributed by atoms with E-state index in [9.17, 15) is 0 Å². The summed E-state index contributed by atoms with van der Waals surface area (Å²) in [5.74, 6) is 0.420. The summed E-state index contributed by atoms with van der Waals surface area (Å²) < 4.78 is 5.76. The van der Waals surface area contributed by atoms with E-state index in [1.807, 2.05) is 6.26 Å². The first-order valence-electron chi connectivity index (χ1n) is 4.65. The van der Waals surface area contributed by atoms with Crippen molar-refractivity contribution < 1.29 is 4.74 Å². The van der Waals surface area contributed by atoms with Gasteiger partial charge in [-0.15, -0.1) is 0 Å². The van der Waals surface area contributed by atoms with Crippen LogP contribution in [0.5, 0.6) is 0 Å². The summed E-state index contributed by atoms with van der Waals surface area (Å²) in [7, 11) is 12.0. The molecule has 0 saturated carbocycles. The monoisotopic (exact) mass is 194 g/mol. The molecule has 4 atom stereocenters. The average Bonchev–Trinajstić information content (AvgIpc) is 2.25. The maximum absolute atomic E-state index is 6.13. The van der Waals surface area contributed by atoms with Gasteiger partial charge in [-0.25, -0.2) is 0 Å². The van der Waals surface area contributed by atoms with Gasteiger partial charge in [-0.3, -0.25) is 0 Å². The van der Waals surface area contributed by atoms with Crippen molar-refractivity contribution >= 4 is 27.5 Å². The van der Waals surface area contributed by atoms with E-state index < -0.39 is 0 Å². The third-order valence-corrected chi connectivity index (χ3v) is 4.25. The van der Waals surface area contributed by atoms with Gasteiger partial charge < -0.3 is 4.74 Å². The van der Waals surface area contributed by atoms with Gasteiger partial charge in [-0.1, -0.05) is 13.8 Å². The highest BCUT2D eigenvalue weighted by Gasteiger charge is 2.48. The number of ether oxygens (including phenoxy) is 1. The molecule has 0 spiro atoms. The van der Waals surface area contributed by atoms with Crippen LogP contribution < -0.4 is 0 Å². The lowest BCUT2D eigenvalue weighted by atomic mass is 9.67. The highest BCUT2D eigenvalue weighted by Crippen LogP contribution is 2.46. The van der Waals surface area contributed by atoms with Crippen LogP contribution in [0, 0.1) is 5.92 Å². The fourth-order valence-electron chi connectivity index (χ4n) is 1.77. The largest absolute Gasteiger partial charge is 0.381 e. The number of hydrogen-bond acceptors (Lipinski definition) is 2. The first-order valence-corrected chi connectivity index (χ1v) is 5.94. The lowest BCUT2D eigenvalue weighted by Crippen LogP contribution is -2.36. The highest BCUT2D eigenvalue weighted by atomic mass is 32.2. The van der Waals surface area contributed by atoms with Crippen LogP contribution in [-0.2, 0) is 4.74 Å². The summed E-state index contributed by atoms with van der Waals surface area (Å²) in [6, 6.07) is -0.225. The van der Waals surface area contributed by atoms with E-state index in [1.165, 1.54) is 0 Å². The predicted molar refractivity (Wildman–Crippen MR) is 60.7 cm³/mol. The minimum atomic E-state index is -0.271. The van der Waals surface area contributed by atoms with Crippen LogP contribution in [0.1, 0.15) is 20.8 Å². The molecule has 4 heteroatoms. The van der Waals surface area contributed by atoms with Gasteiger partial charge in [-0.2, -0.15) is 11.8 Å². The molecule has 1 rings (SSSR count). The minimum absolute atomic E-state index is 0.0255. The molecule has 0 aliphatic carbocycles. The third-order valence-electron chi connectivity index (χ3n) is 3.15. The number of rotatable bonds is 2. The van der Waals surface area contributed by atoms with E-state index in [0.29, 0.717) is 5.92 Å². The van der Waals surface area contributed by atoms with E-state index in [0.717, 1.165) is 0 Å². The third kappa shape index (κ3) is 1.80. The summed E-state index contributed by atoms with van der Waals surface area (Å²) >= 11 is 1.69. The van der Waals surface area contributed by atoms with Crippen molar-refractivity contribution in [2.75, 3.05) is 6.26 Å². The fraction of sp³-hybridized carbons (Fsp3) is 1.00. The van der Waals surface area contributed by atoms with Gasteiger partial charge in [0, 0.05) is 11.3 Å². The van der Waals surface area contributed by atoms with Crippen molar-refractivity contribution in [3.63, 3.8) is 0 Å². The van der Waals surface area contributed by atoms with Crippen molar-refractivity contribution in [1.82, 2.24) is 0 Å². The van der Waals surface area contributed by atoms with Gasteiger partial charge in [0.05, 0.1) is 13.4 Å². The van der Waals surface area contributed by atoms with E-state index in [4.69, 9.17) is 20.4 Å². The van der Waals surface area contributed by atoms with Crippen LogP contribution in [-0.4, -0.2) is 38.8 Å². The molecule has 0 aromatic rings. The molecular formula is C9H16B2OS. The minimum Gasteiger partial charge on any atom is -0.381 e. The van der Waals surface area contributed by atoms with Crippen molar-refractivity contribution in [2.45, 2.75) is 43.4 Å². The Morgan fingerprint density at radius 1 is 1.38 bits per heavy atom. The van der Waals surface area contributed by atoms with Crippen molar-refractivity contribution in [3.05, 3.63) is 0 Å². The zero-order valence-electron chi connectivity index (χ0n) is 8.78. The number of hydrogen-bond donors (Lipinski definition) is 0. The molecule has 13 heavy (non-hydrogen) atoms. The van der Waals surface area contributed by atoms with Gasteiger partial charge >= 0.3 is 0 Å². The zero-order chi connectivity index (χ0) is 10.2. The predicted octanol–water partition coefficient (Wildman–Crippen LogP) is 1.61. The Balaban J connectivity index is 2.82. The first-order chi connectivity index (χ1) is 5.93. The molecule has 1 nitrogen and oxygen atoms in total. The molecule has 4 unspecified atom stereocenters.